The van der Waals surface area contributed by atoms with Crippen LogP contribution in [0.4, 0.5) is 0 Å². The van der Waals surface area contributed by atoms with Gasteiger partial charge in [-0.05, 0) is 18.9 Å². The van der Waals surface area contributed by atoms with Gasteiger partial charge in [-0.1, -0.05) is 30.3 Å². The molecule has 1 heterocycles. The number of β-amino-alcohol motifs (C(OH)–C–C–N with tert-alkyl or cyclic N) is 1. The van der Waals surface area contributed by atoms with Crippen molar-refractivity contribution in [2.75, 3.05) is 26.2 Å². The number of carbonyl (C=O) groups excluding carboxylic acids is 1. The van der Waals surface area contributed by atoms with Crippen molar-refractivity contribution in [2.24, 2.45) is 0 Å². The number of hydrogen-bond donors (Lipinski definition) is 2. The zero-order valence-electron chi connectivity index (χ0n) is 10.7. The molecule has 2 N–H and O–H groups in total. The van der Waals surface area contributed by atoms with Crippen molar-refractivity contribution in [1.82, 2.24) is 10.2 Å². The minimum Gasteiger partial charge on any atom is -0.388 e. The lowest BCUT2D eigenvalue weighted by Crippen LogP contribution is -2.61. The lowest BCUT2D eigenvalue weighted by molar-refractivity contribution is -0.130. The van der Waals surface area contributed by atoms with Gasteiger partial charge in [-0.25, -0.2) is 0 Å². The van der Waals surface area contributed by atoms with E-state index >= 15 is 0 Å². The van der Waals surface area contributed by atoms with E-state index in [-0.39, 0.29) is 5.91 Å². The number of hydrogen-bond acceptors (Lipinski definition) is 3. The molecule has 18 heavy (non-hydrogen) atoms. The normalized spacial score (nSPS) is 18.1. The van der Waals surface area contributed by atoms with E-state index in [1.807, 2.05) is 23.1 Å². The van der Waals surface area contributed by atoms with Crippen molar-refractivity contribution in [3.8, 4) is 0 Å². The molecule has 4 heteroatoms. The highest BCUT2D eigenvalue weighted by atomic mass is 16.3. The first-order chi connectivity index (χ1) is 8.55. The highest BCUT2D eigenvalue weighted by Gasteiger charge is 2.36. The molecule has 98 valence electrons. The van der Waals surface area contributed by atoms with Crippen LogP contribution in [-0.2, 0) is 11.2 Å². The quantitative estimate of drug-likeness (QED) is 0.793. The van der Waals surface area contributed by atoms with Crippen molar-refractivity contribution in [3.63, 3.8) is 0 Å². The molecule has 1 fully saturated rings. The molecule has 0 spiro atoms. The molecule has 4 nitrogen and oxygen atoms in total. The lowest BCUT2D eigenvalue weighted by atomic mass is 9.97. The fraction of sp³-hybridized carbons (Fsp3) is 0.500. The Labute approximate surface area is 108 Å². The molecule has 1 aromatic carbocycles. The second-order valence-corrected chi connectivity index (χ2v) is 5.23. The van der Waals surface area contributed by atoms with E-state index in [4.69, 9.17) is 0 Å². The van der Waals surface area contributed by atoms with E-state index in [2.05, 4.69) is 17.4 Å². The molecule has 0 unspecified atom stereocenters. The summed E-state index contributed by atoms with van der Waals surface area (Å²) in [5.41, 5.74) is 0.620. The summed E-state index contributed by atoms with van der Waals surface area (Å²) >= 11 is 0. The summed E-state index contributed by atoms with van der Waals surface area (Å²) in [4.78, 5) is 13.6. The Kier molecular flexibility index (Phi) is 3.99. The van der Waals surface area contributed by atoms with E-state index in [1.54, 1.807) is 6.92 Å². The van der Waals surface area contributed by atoms with Crippen molar-refractivity contribution in [2.45, 2.75) is 18.9 Å². The number of likely N-dealkylation sites (tertiary alicyclic amines) is 1. The maximum absolute atomic E-state index is 11.6. The zero-order chi connectivity index (χ0) is 13.0. The number of rotatable bonds is 5. The molecular weight excluding hydrogens is 228 g/mol. The van der Waals surface area contributed by atoms with Gasteiger partial charge in [-0.15, -0.1) is 0 Å². The molecule has 1 aliphatic rings. The molecule has 0 atom stereocenters. The summed E-state index contributed by atoms with van der Waals surface area (Å²) in [5.74, 6) is 0.0291. The number of benzene rings is 1. The monoisotopic (exact) mass is 248 g/mol. The summed E-state index contributed by atoms with van der Waals surface area (Å²) in [6.07, 6.45) is 0.851. The van der Waals surface area contributed by atoms with Crippen LogP contribution in [0.25, 0.3) is 0 Å². The number of amides is 1. The SMILES string of the molecule is CC1(O)CN(CC(=O)NCCc2ccccc2)C1. The van der Waals surface area contributed by atoms with Crippen LogP contribution in [0.1, 0.15) is 12.5 Å². The molecule has 0 bridgehead atoms. The topological polar surface area (TPSA) is 52.6 Å². The van der Waals surface area contributed by atoms with Crippen LogP contribution in [0.15, 0.2) is 30.3 Å². The highest BCUT2D eigenvalue weighted by Crippen LogP contribution is 2.18. The van der Waals surface area contributed by atoms with Gasteiger partial charge >= 0.3 is 0 Å². The van der Waals surface area contributed by atoms with Gasteiger partial charge in [-0.2, -0.15) is 0 Å². The summed E-state index contributed by atoms with van der Waals surface area (Å²) < 4.78 is 0. The molecule has 1 aromatic rings. The number of nitrogens with zero attached hydrogens (tertiary/aromatic N) is 1. The Morgan fingerprint density at radius 2 is 2.06 bits per heavy atom. The first-order valence-corrected chi connectivity index (χ1v) is 6.30. The Balaban J connectivity index is 1.61. The van der Waals surface area contributed by atoms with E-state index in [0.717, 1.165) is 6.42 Å². The third-order valence-corrected chi connectivity index (χ3v) is 3.07. The zero-order valence-corrected chi connectivity index (χ0v) is 10.7. The molecule has 0 aromatic heterocycles. The number of carbonyl (C=O) groups is 1. The first-order valence-electron chi connectivity index (χ1n) is 6.30. The van der Waals surface area contributed by atoms with Gasteiger partial charge in [0.25, 0.3) is 0 Å². The fourth-order valence-electron chi connectivity index (χ4n) is 2.28. The van der Waals surface area contributed by atoms with E-state index in [9.17, 15) is 9.90 Å². The molecule has 1 amide bonds. The second-order valence-electron chi connectivity index (χ2n) is 5.23. The third-order valence-electron chi connectivity index (χ3n) is 3.07. The number of nitrogens with one attached hydrogen (secondary N) is 1. The van der Waals surface area contributed by atoms with Crippen molar-refractivity contribution in [3.05, 3.63) is 35.9 Å². The van der Waals surface area contributed by atoms with Crippen molar-refractivity contribution < 1.29 is 9.90 Å². The van der Waals surface area contributed by atoms with Crippen LogP contribution >= 0.6 is 0 Å². The average molecular weight is 248 g/mol. The van der Waals surface area contributed by atoms with Gasteiger partial charge in [0.2, 0.25) is 5.91 Å². The molecule has 2 rings (SSSR count). The molecule has 1 saturated heterocycles. The minimum atomic E-state index is -0.607. The summed E-state index contributed by atoms with van der Waals surface area (Å²) in [6.45, 7) is 3.99. The smallest absolute Gasteiger partial charge is 0.234 e. The van der Waals surface area contributed by atoms with Gasteiger partial charge in [-0.3, -0.25) is 9.69 Å². The third kappa shape index (κ3) is 3.82. The second kappa shape index (κ2) is 5.50. The predicted octanol–water partition coefficient (Wildman–Crippen LogP) is 0.412. The Hall–Kier alpha value is -1.39. The average Bonchev–Trinajstić information content (AvgIpc) is 2.28. The van der Waals surface area contributed by atoms with Gasteiger partial charge in [0.15, 0.2) is 0 Å². The van der Waals surface area contributed by atoms with Crippen LogP contribution in [-0.4, -0.2) is 47.7 Å². The standard InChI is InChI=1S/C14H20N2O2/c1-14(18)10-16(11-14)9-13(17)15-8-7-12-5-3-2-4-6-12/h2-6,18H,7-11H2,1H3,(H,15,17). The van der Waals surface area contributed by atoms with Gasteiger partial charge in [0.05, 0.1) is 12.1 Å². The Bertz CT molecular complexity index is 396. The minimum absolute atomic E-state index is 0.0291. The molecule has 0 radical (unpaired) electrons. The Morgan fingerprint density at radius 1 is 1.39 bits per heavy atom. The largest absolute Gasteiger partial charge is 0.388 e. The predicted molar refractivity (Wildman–Crippen MR) is 70.2 cm³/mol. The van der Waals surface area contributed by atoms with Crippen LogP contribution in [0.2, 0.25) is 0 Å². The lowest BCUT2D eigenvalue weighted by Gasteiger charge is -2.43. The molecule has 0 saturated carbocycles. The first kappa shape index (κ1) is 13.1. The highest BCUT2D eigenvalue weighted by molar-refractivity contribution is 5.78. The summed E-state index contributed by atoms with van der Waals surface area (Å²) in [7, 11) is 0. The molecular formula is C14H20N2O2. The Morgan fingerprint density at radius 3 is 2.67 bits per heavy atom. The molecule has 1 aliphatic heterocycles. The van der Waals surface area contributed by atoms with Crippen molar-refractivity contribution in [1.29, 1.82) is 0 Å². The summed E-state index contributed by atoms with van der Waals surface area (Å²) in [6, 6.07) is 10.1. The van der Waals surface area contributed by atoms with Crippen LogP contribution in [0.5, 0.6) is 0 Å². The van der Waals surface area contributed by atoms with E-state index in [0.29, 0.717) is 26.2 Å². The number of aliphatic hydroxyl groups is 1. The van der Waals surface area contributed by atoms with E-state index in [1.165, 1.54) is 5.56 Å². The van der Waals surface area contributed by atoms with Crippen molar-refractivity contribution >= 4 is 5.91 Å². The van der Waals surface area contributed by atoms with Gasteiger partial charge in [0.1, 0.15) is 0 Å². The van der Waals surface area contributed by atoms with Crippen LogP contribution in [0.3, 0.4) is 0 Å². The summed E-state index contributed by atoms with van der Waals surface area (Å²) in [5, 5.41) is 12.4. The van der Waals surface area contributed by atoms with Gasteiger partial charge in [0, 0.05) is 19.6 Å². The van der Waals surface area contributed by atoms with Crippen LogP contribution < -0.4 is 5.32 Å². The maximum Gasteiger partial charge on any atom is 0.234 e. The fourth-order valence-corrected chi connectivity index (χ4v) is 2.28. The van der Waals surface area contributed by atoms with E-state index < -0.39 is 5.60 Å². The van der Waals surface area contributed by atoms with Gasteiger partial charge < -0.3 is 10.4 Å². The molecule has 0 aliphatic carbocycles. The maximum atomic E-state index is 11.6. The van der Waals surface area contributed by atoms with Crippen LogP contribution in [0, 0.1) is 0 Å².